The number of sulfone groups is 1. The van der Waals surface area contributed by atoms with E-state index in [2.05, 4.69) is 29.2 Å². The van der Waals surface area contributed by atoms with E-state index in [9.17, 15) is 13.2 Å². The van der Waals surface area contributed by atoms with Gasteiger partial charge in [-0.2, -0.15) is 0 Å². The van der Waals surface area contributed by atoms with Crippen molar-refractivity contribution >= 4 is 15.8 Å². The Morgan fingerprint density at radius 1 is 1.21 bits per heavy atom. The second kappa shape index (κ2) is 8.62. The molecule has 0 amide bonds. The SMILES string of the molecule is Cc1ccc(CN(CCCCCC(=O)O)[C@@H]2CCS(=O)(=O)C2)cc1. The first-order valence-corrected chi connectivity index (χ1v) is 10.4. The Balaban J connectivity index is 1.93. The van der Waals surface area contributed by atoms with E-state index in [1.807, 2.05) is 6.92 Å². The van der Waals surface area contributed by atoms with Gasteiger partial charge in [-0.05, 0) is 38.3 Å². The zero-order valence-corrected chi connectivity index (χ0v) is 15.1. The van der Waals surface area contributed by atoms with Gasteiger partial charge in [-0.3, -0.25) is 9.69 Å². The van der Waals surface area contributed by atoms with Crippen LogP contribution in [0.3, 0.4) is 0 Å². The Morgan fingerprint density at radius 3 is 2.50 bits per heavy atom. The fraction of sp³-hybridized carbons (Fsp3) is 0.611. The molecule has 1 heterocycles. The summed E-state index contributed by atoms with van der Waals surface area (Å²) in [4.78, 5) is 12.8. The Labute approximate surface area is 144 Å². The summed E-state index contributed by atoms with van der Waals surface area (Å²) in [5.41, 5.74) is 2.40. The lowest BCUT2D eigenvalue weighted by molar-refractivity contribution is -0.137. The van der Waals surface area contributed by atoms with Crippen LogP contribution in [0.5, 0.6) is 0 Å². The number of hydrogen-bond acceptors (Lipinski definition) is 4. The van der Waals surface area contributed by atoms with Gasteiger partial charge in [0.1, 0.15) is 0 Å². The summed E-state index contributed by atoms with van der Waals surface area (Å²) in [5.74, 6) is -0.233. The van der Waals surface area contributed by atoms with Gasteiger partial charge in [-0.1, -0.05) is 36.2 Å². The van der Waals surface area contributed by atoms with E-state index in [1.54, 1.807) is 0 Å². The molecule has 0 bridgehead atoms. The van der Waals surface area contributed by atoms with Crippen LogP contribution in [0, 0.1) is 6.92 Å². The summed E-state index contributed by atoms with van der Waals surface area (Å²) in [6.45, 7) is 3.61. The van der Waals surface area contributed by atoms with Gasteiger partial charge in [0.2, 0.25) is 0 Å². The number of benzene rings is 1. The largest absolute Gasteiger partial charge is 0.481 e. The van der Waals surface area contributed by atoms with Crippen molar-refractivity contribution < 1.29 is 18.3 Å². The summed E-state index contributed by atoms with van der Waals surface area (Å²) in [7, 11) is -2.91. The number of carbonyl (C=O) groups is 1. The first-order chi connectivity index (χ1) is 11.4. The minimum absolute atomic E-state index is 0.0794. The molecular formula is C18H27NO4S. The number of rotatable bonds is 9. The molecule has 0 radical (unpaired) electrons. The molecule has 2 rings (SSSR count). The number of nitrogens with zero attached hydrogens (tertiary/aromatic N) is 1. The summed E-state index contributed by atoms with van der Waals surface area (Å²) >= 11 is 0. The summed E-state index contributed by atoms with van der Waals surface area (Å²) in [5, 5.41) is 8.69. The van der Waals surface area contributed by atoms with E-state index in [0.717, 1.165) is 25.9 Å². The van der Waals surface area contributed by atoms with Crippen LogP contribution in [-0.2, 0) is 21.2 Å². The van der Waals surface area contributed by atoms with Crippen LogP contribution in [0.4, 0.5) is 0 Å². The van der Waals surface area contributed by atoms with Crippen LogP contribution < -0.4 is 0 Å². The highest BCUT2D eigenvalue weighted by molar-refractivity contribution is 7.91. The van der Waals surface area contributed by atoms with Crippen molar-refractivity contribution in [2.45, 2.75) is 51.6 Å². The van der Waals surface area contributed by atoms with Crippen molar-refractivity contribution in [2.75, 3.05) is 18.1 Å². The van der Waals surface area contributed by atoms with E-state index in [4.69, 9.17) is 5.11 Å². The van der Waals surface area contributed by atoms with Crippen LogP contribution in [-0.4, -0.2) is 48.5 Å². The van der Waals surface area contributed by atoms with Gasteiger partial charge in [-0.15, -0.1) is 0 Å². The summed E-state index contributed by atoms with van der Waals surface area (Å²) in [6, 6.07) is 8.42. The molecule has 134 valence electrons. The lowest BCUT2D eigenvalue weighted by Crippen LogP contribution is -2.36. The number of hydrogen-bond donors (Lipinski definition) is 1. The average molecular weight is 353 g/mol. The molecule has 1 aliphatic rings. The van der Waals surface area contributed by atoms with Gasteiger partial charge in [0, 0.05) is 19.0 Å². The lowest BCUT2D eigenvalue weighted by Gasteiger charge is -2.28. The third kappa shape index (κ3) is 6.24. The first kappa shape index (κ1) is 18.9. The van der Waals surface area contributed by atoms with Gasteiger partial charge >= 0.3 is 5.97 Å². The normalized spacial score (nSPS) is 19.7. The molecule has 1 atom stereocenters. The van der Waals surface area contributed by atoms with Gasteiger partial charge in [0.15, 0.2) is 9.84 Å². The lowest BCUT2D eigenvalue weighted by atomic mass is 10.1. The molecule has 6 heteroatoms. The average Bonchev–Trinajstić information content (AvgIpc) is 2.87. The fourth-order valence-corrected chi connectivity index (χ4v) is 4.91. The molecule has 0 aromatic heterocycles. The third-order valence-corrected chi connectivity index (χ3v) is 6.32. The van der Waals surface area contributed by atoms with Crippen molar-refractivity contribution in [3.8, 4) is 0 Å². The maximum Gasteiger partial charge on any atom is 0.303 e. The molecule has 0 aliphatic carbocycles. The van der Waals surface area contributed by atoms with Crippen molar-refractivity contribution in [2.24, 2.45) is 0 Å². The minimum atomic E-state index is -2.91. The smallest absolute Gasteiger partial charge is 0.303 e. The van der Waals surface area contributed by atoms with Crippen molar-refractivity contribution in [3.05, 3.63) is 35.4 Å². The number of aryl methyl sites for hydroxylation is 1. The van der Waals surface area contributed by atoms with Crippen molar-refractivity contribution in [3.63, 3.8) is 0 Å². The molecular weight excluding hydrogens is 326 g/mol. The molecule has 0 saturated carbocycles. The first-order valence-electron chi connectivity index (χ1n) is 8.57. The standard InChI is InChI=1S/C18H27NO4S/c1-15-6-8-16(9-7-15)13-19(11-4-2-3-5-18(20)21)17-10-12-24(22,23)14-17/h6-9,17H,2-5,10-14H2,1H3,(H,20,21)/t17-/m1/s1. The zero-order valence-electron chi connectivity index (χ0n) is 14.3. The van der Waals surface area contributed by atoms with E-state index < -0.39 is 15.8 Å². The molecule has 1 saturated heterocycles. The van der Waals surface area contributed by atoms with Crippen LogP contribution in [0.25, 0.3) is 0 Å². The predicted molar refractivity (Wildman–Crippen MR) is 94.8 cm³/mol. The molecule has 1 aromatic rings. The third-order valence-electron chi connectivity index (χ3n) is 4.57. The Kier molecular flexibility index (Phi) is 6.80. The van der Waals surface area contributed by atoms with E-state index in [1.165, 1.54) is 11.1 Å². The maximum atomic E-state index is 11.8. The van der Waals surface area contributed by atoms with Gasteiger partial charge in [0.05, 0.1) is 11.5 Å². The Hall–Kier alpha value is -1.40. The van der Waals surface area contributed by atoms with Crippen LogP contribution in [0.2, 0.25) is 0 Å². The molecule has 1 aromatic carbocycles. The van der Waals surface area contributed by atoms with E-state index in [0.29, 0.717) is 12.8 Å². The quantitative estimate of drug-likeness (QED) is 0.691. The predicted octanol–water partition coefficient (Wildman–Crippen LogP) is 2.63. The highest BCUT2D eigenvalue weighted by atomic mass is 32.2. The summed E-state index contributed by atoms with van der Waals surface area (Å²) in [6.07, 6.45) is 3.33. The molecule has 1 fully saturated rings. The monoisotopic (exact) mass is 353 g/mol. The number of aliphatic carboxylic acids is 1. The zero-order chi connectivity index (χ0) is 17.6. The number of carboxylic acid groups (broad SMARTS) is 1. The van der Waals surface area contributed by atoms with Crippen LogP contribution >= 0.6 is 0 Å². The number of carboxylic acids is 1. The van der Waals surface area contributed by atoms with Gasteiger partial charge in [-0.25, -0.2) is 8.42 Å². The molecule has 24 heavy (non-hydrogen) atoms. The van der Waals surface area contributed by atoms with E-state index in [-0.39, 0.29) is 24.0 Å². The van der Waals surface area contributed by atoms with Crippen LogP contribution in [0.1, 0.15) is 43.2 Å². The molecule has 5 nitrogen and oxygen atoms in total. The Bertz CT molecular complexity index is 639. The second-order valence-electron chi connectivity index (χ2n) is 6.72. The number of unbranched alkanes of at least 4 members (excludes halogenated alkanes) is 2. The highest BCUT2D eigenvalue weighted by Gasteiger charge is 2.31. The van der Waals surface area contributed by atoms with Crippen molar-refractivity contribution in [1.29, 1.82) is 0 Å². The van der Waals surface area contributed by atoms with Crippen LogP contribution in [0.15, 0.2) is 24.3 Å². The van der Waals surface area contributed by atoms with E-state index >= 15 is 0 Å². The molecule has 1 aliphatic heterocycles. The highest BCUT2D eigenvalue weighted by Crippen LogP contribution is 2.21. The maximum absolute atomic E-state index is 11.8. The van der Waals surface area contributed by atoms with Gasteiger partial charge < -0.3 is 5.11 Å². The van der Waals surface area contributed by atoms with Crippen molar-refractivity contribution in [1.82, 2.24) is 4.90 Å². The second-order valence-corrected chi connectivity index (χ2v) is 8.95. The molecule has 0 unspecified atom stereocenters. The Morgan fingerprint density at radius 2 is 1.92 bits per heavy atom. The summed E-state index contributed by atoms with van der Waals surface area (Å²) < 4.78 is 23.6. The fourth-order valence-electron chi connectivity index (χ4n) is 3.15. The molecule has 1 N–H and O–H groups in total. The molecule has 0 spiro atoms. The minimum Gasteiger partial charge on any atom is -0.481 e. The topological polar surface area (TPSA) is 74.7 Å². The van der Waals surface area contributed by atoms with Gasteiger partial charge in [0.25, 0.3) is 0 Å².